The smallest absolute Gasteiger partial charge is 0.0462 e. The quantitative estimate of drug-likeness (QED) is 0.258. The number of hydrogen-bond acceptors (Lipinski definition) is 1. The summed E-state index contributed by atoms with van der Waals surface area (Å²) in [6.45, 7) is 3.41. The minimum Gasteiger partial charge on any atom is -0.385 e. The van der Waals surface area contributed by atoms with Gasteiger partial charge in [0, 0.05) is 23.2 Å². The molecule has 0 atom stereocenters. The highest BCUT2D eigenvalue weighted by Gasteiger charge is 2.22. The summed E-state index contributed by atoms with van der Waals surface area (Å²) in [7, 11) is 2.02. The lowest BCUT2D eigenvalue weighted by molar-refractivity contribution is 0.180. The molecule has 0 amide bonds. The third-order valence-electron chi connectivity index (χ3n) is 8.84. The predicted octanol–water partition coefficient (Wildman–Crippen LogP) is 7.84. The number of rotatable bonds is 10. The van der Waals surface area contributed by atoms with Crippen LogP contribution < -0.4 is 0 Å². The topological polar surface area (TPSA) is 9.23 Å². The van der Waals surface area contributed by atoms with Crippen molar-refractivity contribution in [2.45, 2.75) is 101 Å². The van der Waals surface area contributed by atoms with Crippen LogP contribution in [-0.4, -0.2) is 23.2 Å². The molecular weight excluding hydrogens is 416 g/mol. The zero-order chi connectivity index (χ0) is 22.9. The number of hydrogen-bond donors (Lipinski definition) is 0. The number of benzene rings is 2. The Labute approximate surface area is 205 Å². The molecule has 0 saturated heterocycles. The average molecular weight is 463 g/mol. The minimum absolute atomic E-state index is 0.208. The molecule has 1 nitrogen and oxygen atoms in total. The summed E-state index contributed by atoms with van der Waals surface area (Å²) in [5.74, 6) is 2.53. The first-order chi connectivity index (χ1) is 16.2. The molecule has 0 radical (unpaired) electrons. The van der Waals surface area contributed by atoms with Crippen LogP contribution in [0.1, 0.15) is 98.3 Å². The van der Waals surface area contributed by atoms with Crippen LogP contribution in [0.2, 0.25) is 12.1 Å². The third-order valence-corrected chi connectivity index (χ3v) is 10.8. The van der Waals surface area contributed by atoms with E-state index in [9.17, 15) is 0 Å². The van der Waals surface area contributed by atoms with E-state index in [0.29, 0.717) is 0 Å². The molecule has 0 bridgehead atoms. The zero-order valence-corrected chi connectivity index (χ0v) is 22.7. The predicted molar refractivity (Wildman–Crippen MR) is 145 cm³/mol. The summed E-state index contributed by atoms with van der Waals surface area (Å²) in [5, 5.41) is 0. The SMILES string of the molecule is COCCCC1CCC(c2ccc(CCc3ccc(C4CCC([SiH2]C)CC4)cc3)cc2)CC1. The van der Waals surface area contributed by atoms with Crippen LogP contribution in [0.4, 0.5) is 0 Å². The Morgan fingerprint density at radius 3 is 1.64 bits per heavy atom. The van der Waals surface area contributed by atoms with Gasteiger partial charge in [-0.3, -0.25) is 0 Å². The fraction of sp³-hybridized carbons (Fsp3) is 0.613. The van der Waals surface area contributed by atoms with Crippen molar-refractivity contribution >= 4 is 9.52 Å². The van der Waals surface area contributed by atoms with Crippen LogP contribution >= 0.6 is 0 Å². The number of ether oxygens (including phenoxy) is 1. The van der Waals surface area contributed by atoms with E-state index in [1.54, 1.807) is 11.1 Å². The maximum absolute atomic E-state index is 5.22. The molecule has 2 aromatic carbocycles. The number of methoxy groups -OCH3 is 1. The molecule has 33 heavy (non-hydrogen) atoms. The molecule has 0 unspecified atom stereocenters. The molecule has 0 aliphatic heterocycles. The van der Waals surface area contributed by atoms with Gasteiger partial charge < -0.3 is 4.74 Å². The van der Waals surface area contributed by atoms with Crippen molar-refractivity contribution in [3.8, 4) is 0 Å². The van der Waals surface area contributed by atoms with E-state index in [1.165, 1.54) is 75.3 Å². The van der Waals surface area contributed by atoms with E-state index < -0.39 is 0 Å². The second kappa shape index (κ2) is 12.9. The standard InChI is InChI=1S/C31H46OSi/c1-32-23-3-4-24-7-13-27(14-8-24)28-15-9-25(10-16-28)5-6-26-11-17-29(18-12-26)30-19-21-31(33-2)22-20-30/h9-12,15-18,24,27,30-31H,3-8,13-14,19-23,33H2,1-2H3. The normalized spacial score (nSPS) is 26.1. The molecule has 0 aromatic heterocycles. The maximum atomic E-state index is 5.22. The summed E-state index contributed by atoms with van der Waals surface area (Å²) < 4.78 is 5.22. The molecule has 2 fully saturated rings. The van der Waals surface area contributed by atoms with E-state index >= 15 is 0 Å². The summed E-state index contributed by atoms with van der Waals surface area (Å²) in [6.07, 6.45) is 16.2. The second-order valence-electron chi connectivity index (χ2n) is 11.0. The zero-order valence-electron chi connectivity index (χ0n) is 21.2. The molecule has 0 N–H and O–H groups in total. The van der Waals surface area contributed by atoms with Gasteiger partial charge in [0.1, 0.15) is 0 Å². The molecule has 2 saturated carbocycles. The van der Waals surface area contributed by atoms with Crippen molar-refractivity contribution in [3.05, 3.63) is 70.8 Å². The van der Waals surface area contributed by atoms with Crippen LogP contribution in [0.3, 0.4) is 0 Å². The van der Waals surface area contributed by atoms with Crippen LogP contribution in [0.5, 0.6) is 0 Å². The summed E-state index contributed by atoms with van der Waals surface area (Å²) in [6, 6.07) is 19.3. The van der Waals surface area contributed by atoms with E-state index in [0.717, 1.165) is 42.7 Å². The minimum atomic E-state index is 0.208. The van der Waals surface area contributed by atoms with Crippen LogP contribution in [-0.2, 0) is 17.6 Å². The first-order valence-corrected chi connectivity index (χ1v) is 16.1. The molecule has 2 heteroatoms. The van der Waals surface area contributed by atoms with E-state index in [2.05, 4.69) is 55.1 Å². The van der Waals surface area contributed by atoms with Crippen molar-refractivity contribution in [2.24, 2.45) is 5.92 Å². The lowest BCUT2D eigenvalue weighted by Crippen LogP contribution is -2.14. The lowest BCUT2D eigenvalue weighted by atomic mass is 9.77. The Morgan fingerprint density at radius 1 is 0.697 bits per heavy atom. The largest absolute Gasteiger partial charge is 0.385 e. The number of aryl methyl sites for hydroxylation is 2. The van der Waals surface area contributed by atoms with Gasteiger partial charge in [0.25, 0.3) is 0 Å². The molecule has 2 aliphatic rings. The van der Waals surface area contributed by atoms with Gasteiger partial charge >= 0.3 is 0 Å². The van der Waals surface area contributed by atoms with Crippen molar-refractivity contribution in [3.63, 3.8) is 0 Å². The molecule has 2 aromatic rings. The lowest BCUT2D eigenvalue weighted by Gasteiger charge is -2.29. The molecule has 2 aliphatic carbocycles. The Morgan fingerprint density at radius 2 is 1.18 bits per heavy atom. The Bertz CT molecular complexity index is 796. The molecule has 180 valence electrons. The first-order valence-electron chi connectivity index (χ1n) is 13.9. The van der Waals surface area contributed by atoms with Gasteiger partial charge in [0.05, 0.1) is 0 Å². The summed E-state index contributed by atoms with van der Waals surface area (Å²) >= 11 is 0. The highest BCUT2D eigenvalue weighted by molar-refractivity contribution is 6.35. The van der Waals surface area contributed by atoms with Gasteiger partial charge in [-0.05, 0) is 104 Å². The van der Waals surface area contributed by atoms with Crippen LogP contribution in [0.25, 0.3) is 0 Å². The van der Waals surface area contributed by atoms with Crippen molar-refractivity contribution in [2.75, 3.05) is 13.7 Å². The third kappa shape index (κ3) is 7.30. The van der Waals surface area contributed by atoms with Gasteiger partial charge in [-0.2, -0.15) is 0 Å². The first kappa shape index (κ1) is 24.7. The van der Waals surface area contributed by atoms with Crippen molar-refractivity contribution in [1.29, 1.82) is 0 Å². The van der Waals surface area contributed by atoms with Gasteiger partial charge in [0.15, 0.2) is 0 Å². The van der Waals surface area contributed by atoms with E-state index in [-0.39, 0.29) is 9.52 Å². The fourth-order valence-electron chi connectivity index (χ4n) is 6.41. The Kier molecular flexibility index (Phi) is 9.67. The monoisotopic (exact) mass is 462 g/mol. The van der Waals surface area contributed by atoms with E-state index in [1.807, 2.05) is 7.11 Å². The Balaban J connectivity index is 1.20. The highest BCUT2D eigenvalue weighted by Crippen LogP contribution is 2.39. The van der Waals surface area contributed by atoms with Gasteiger partial charge in [-0.1, -0.05) is 73.5 Å². The Hall–Kier alpha value is -1.38. The highest BCUT2D eigenvalue weighted by atomic mass is 28.2. The summed E-state index contributed by atoms with van der Waals surface area (Å²) in [5.41, 5.74) is 7.25. The van der Waals surface area contributed by atoms with Crippen molar-refractivity contribution in [1.82, 2.24) is 0 Å². The van der Waals surface area contributed by atoms with Gasteiger partial charge in [-0.25, -0.2) is 0 Å². The molecule has 0 heterocycles. The molecule has 4 rings (SSSR count). The average Bonchev–Trinajstić information content (AvgIpc) is 2.89. The van der Waals surface area contributed by atoms with E-state index in [4.69, 9.17) is 4.74 Å². The van der Waals surface area contributed by atoms with Crippen molar-refractivity contribution < 1.29 is 4.74 Å². The van der Waals surface area contributed by atoms with Crippen LogP contribution in [0, 0.1) is 5.92 Å². The van der Waals surface area contributed by atoms with Gasteiger partial charge in [-0.15, -0.1) is 0 Å². The fourth-order valence-corrected chi connectivity index (χ4v) is 7.69. The summed E-state index contributed by atoms with van der Waals surface area (Å²) in [4.78, 5) is 0. The van der Waals surface area contributed by atoms with Crippen LogP contribution in [0.15, 0.2) is 48.5 Å². The maximum Gasteiger partial charge on any atom is 0.0462 e. The second-order valence-corrected chi connectivity index (χ2v) is 12.9. The van der Waals surface area contributed by atoms with Gasteiger partial charge in [0.2, 0.25) is 0 Å². The molecular formula is C31H46OSi. The molecule has 0 spiro atoms.